The van der Waals surface area contributed by atoms with E-state index in [1.54, 1.807) is 0 Å². The van der Waals surface area contributed by atoms with Crippen LogP contribution in [0.25, 0.3) is 0 Å². The van der Waals surface area contributed by atoms with Crippen molar-refractivity contribution < 1.29 is 9.59 Å². The second kappa shape index (κ2) is 2.56. The Bertz CT molecular complexity index is 273. The van der Waals surface area contributed by atoms with E-state index in [2.05, 4.69) is 20.9 Å². The normalized spacial score (nSPS) is 28.3. The first-order chi connectivity index (χ1) is 5.77. The average molecular weight is 168 g/mol. The number of nitrogens with zero attached hydrogens (tertiary/aromatic N) is 1. The van der Waals surface area contributed by atoms with Crippen molar-refractivity contribution >= 4 is 17.8 Å². The van der Waals surface area contributed by atoms with Crippen LogP contribution in [-0.2, 0) is 4.79 Å². The van der Waals surface area contributed by atoms with Gasteiger partial charge in [-0.2, -0.15) is 0 Å². The summed E-state index contributed by atoms with van der Waals surface area (Å²) in [6, 6.07) is -0.977. The molecule has 0 saturated carbocycles. The summed E-state index contributed by atoms with van der Waals surface area (Å²) in [6.07, 6.45) is 0. The molecule has 0 aromatic carbocycles. The van der Waals surface area contributed by atoms with Gasteiger partial charge in [-0.15, -0.1) is 0 Å². The first kappa shape index (κ1) is 7.23. The predicted octanol–water partition coefficient (Wildman–Crippen LogP) is -1.80. The SMILES string of the molecule is O=C1NC(=O)C2NCCN=C2N1. The van der Waals surface area contributed by atoms with Crippen LogP contribution in [0.3, 0.4) is 0 Å². The molecule has 0 aromatic heterocycles. The number of amides is 3. The molecule has 0 aliphatic carbocycles. The van der Waals surface area contributed by atoms with Crippen molar-refractivity contribution in [2.24, 2.45) is 4.99 Å². The Morgan fingerprint density at radius 3 is 3.00 bits per heavy atom. The molecule has 6 heteroatoms. The minimum atomic E-state index is -0.501. The van der Waals surface area contributed by atoms with E-state index in [4.69, 9.17) is 0 Å². The maximum Gasteiger partial charge on any atom is 0.326 e. The van der Waals surface area contributed by atoms with Crippen LogP contribution >= 0.6 is 0 Å². The molecule has 0 aromatic rings. The molecule has 3 amide bonds. The third-order valence-electron chi connectivity index (χ3n) is 1.76. The molecule has 0 spiro atoms. The Morgan fingerprint density at radius 2 is 2.17 bits per heavy atom. The van der Waals surface area contributed by atoms with Crippen LogP contribution in [0, 0.1) is 0 Å². The van der Waals surface area contributed by atoms with E-state index in [9.17, 15) is 9.59 Å². The van der Waals surface area contributed by atoms with Crippen molar-refractivity contribution in [2.75, 3.05) is 13.1 Å². The predicted molar refractivity (Wildman–Crippen MR) is 40.8 cm³/mol. The summed E-state index contributed by atoms with van der Waals surface area (Å²) in [4.78, 5) is 25.9. The van der Waals surface area contributed by atoms with E-state index >= 15 is 0 Å². The standard InChI is InChI=1S/C6H8N4O2/c11-5-3-4(8-2-1-7-3)9-6(12)10-5/h3,7H,1-2H2,(H2,8,9,10,11,12). The van der Waals surface area contributed by atoms with Crippen LogP contribution < -0.4 is 16.0 Å². The second-order valence-electron chi connectivity index (χ2n) is 2.60. The fraction of sp³-hybridized carbons (Fsp3) is 0.500. The molecule has 2 heterocycles. The number of urea groups is 1. The Balaban J connectivity index is 2.25. The van der Waals surface area contributed by atoms with Gasteiger partial charge in [-0.3, -0.25) is 25.7 Å². The Kier molecular flexibility index (Phi) is 1.54. The van der Waals surface area contributed by atoms with Crippen LogP contribution in [0.15, 0.2) is 4.99 Å². The topological polar surface area (TPSA) is 82.6 Å². The number of carbonyl (C=O) groups excluding carboxylic acids is 2. The second-order valence-corrected chi connectivity index (χ2v) is 2.60. The van der Waals surface area contributed by atoms with Crippen molar-refractivity contribution in [1.82, 2.24) is 16.0 Å². The molecule has 1 atom stereocenters. The summed E-state index contributed by atoms with van der Waals surface area (Å²) < 4.78 is 0. The van der Waals surface area contributed by atoms with Gasteiger partial charge in [0, 0.05) is 6.54 Å². The van der Waals surface area contributed by atoms with Gasteiger partial charge in [-0.1, -0.05) is 0 Å². The van der Waals surface area contributed by atoms with E-state index in [1.807, 2.05) is 0 Å². The van der Waals surface area contributed by atoms with Gasteiger partial charge >= 0.3 is 6.03 Å². The fourth-order valence-corrected chi connectivity index (χ4v) is 1.23. The zero-order valence-corrected chi connectivity index (χ0v) is 6.26. The third kappa shape index (κ3) is 1.06. The largest absolute Gasteiger partial charge is 0.326 e. The molecule has 12 heavy (non-hydrogen) atoms. The van der Waals surface area contributed by atoms with Crippen LogP contribution in [0.4, 0.5) is 4.79 Å². The van der Waals surface area contributed by atoms with Crippen molar-refractivity contribution in [1.29, 1.82) is 0 Å². The number of fused-ring (bicyclic) bond motifs is 1. The molecule has 1 saturated heterocycles. The van der Waals surface area contributed by atoms with Gasteiger partial charge in [-0.25, -0.2) is 4.79 Å². The zero-order valence-electron chi connectivity index (χ0n) is 6.26. The van der Waals surface area contributed by atoms with Gasteiger partial charge < -0.3 is 0 Å². The average Bonchev–Trinajstić information content (AvgIpc) is 2.04. The first-order valence-corrected chi connectivity index (χ1v) is 3.67. The number of hydrogen-bond donors (Lipinski definition) is 3. The lowest BCUT2D eigenvalue weighted by molar-refractivity contribution is -0.120. The maximum absolute atomic E-state index is 11.1. The molecule has 64 valence electrons. The number of rotatable bonds is 0. The third-order valence-corrected chi connectivity index (χ3v) is 1.76. The van der Waals surface area contributed by atoms with Crippen LogP contribution in [0.5, 0.6) is 0 Å². The number of carbonyl (C=O) groups is 2. The highest BCUT2D eigenvalue weighted by Crippen LogP contribution is 1.97. The maximum atomic E-state index is 11.1. The molecule has 2 aliphatic heterocycles. The highest BCUT2D eigenvalue weighted by molar-refractivity contribution is 6.20. The van der Waals surface area contributed by atoms with Crippen LogP contribution in [0.2, 0.25) is 0 Å². The fourth-order valence-electron chi connectivity index (χ4n) is 1.23. The van der Waals surface area contributed by atoms with Crippen molar-refractivity contribution in [3.63, 3.8) is 0 Å². The number of imide groups is 1. The number of nitrogens with one attached hydrogen (secondary N) is 3. The summed E-state index contributed by atoms with van der Waals surface area (Å²) in [5, 5.41) is 7.55. The monoisotopic (exact) mass is 168 g/mol. The number of aliphatic imine (C=N–C) groups is 1. The smallest absolute Gasteiger partial charge is 0.298 e. The van der Waals surface area contributed by atoms with Crippen molar-refractivity contribution in [3.8, 4) is 0 Å². The quantitative estimate of drug-likeness (QED) is 0.399. The van der Waals surface area contributed by atoms with Crippen LogP contribution in [-0.4, -0.2) is 36.9 Å². The summed E-state index contributed by atoms with van der Waals surface area (Å²) in [5.74, 6) is 0.0900. The highest BCUT2D eigenvalue weighted by atomic mass is 16.2. The molecular formula is C6H8N4O2. The van der Waals surface area contributed by atoms with Crippen molar-refractivity contribution in [2.45, 2.75) is 6.04 Å². The van der Waals surface area contributed by atoms with Gasteiger partial charge in [0.2, 0.25) is 0 Å². The summed E-state index contributed by atoms with van der Waals surface area (Å²) >= 11 is 0. The summed E-state index contributed by atoms with van der Waals surface area (Å²) in [5.41, 5.74) is 0. The van der Waals surface area contributed by atoms with E-state index in [1.165, 1.54) is 0 Å². The van der Waals surface area contributed by atoms with Crippen LogP contribution in [0.1, 0.15) is 0 Å². The van der Waals surface area contributed by atoms with E-state index < -0.39 is 12.1 Å². The number of hydrogen-bond acceptors (Lipinski definition) is 4. The molecular weight excluding hydrogens is 160 g/mol. The van der Waals surface area contributed by atoms with E-state index in [-0.39, 0.29) is 5.91 Å². The lowest BCUT2D eigenvalue weighted by Gasteiger charge is -2.27. The molecule has 2 rings (SSSR count). The molecule has 2 aliphatic rings. The molecule has 3 N–H and O–H groups in total. The van der Waals surface area contributed by atoms with E-state index in [0.717, 1.165) is 0 Å². The van der Waals surface area contributed by atoms with Gasteiger partial charge in [0.15, 0.2) is 0 Å². The Labute approximate surface area is 68.4 Å². The molecule has 1 unspecified atom stereocenters. The van der Waals surface area contributed by atoms with Gasteiger partial charge in [0.25, 0.3) is 5.91 Å². The van der Waals surface area contributed by atoms with Gasteiger partial charge in [0.1, 0.15) is 11.9 Å². The minimum absolute atomic E-state index is 0.336. The zero-order chi connectivity index (χ0) is 8.55. The molecule has 1 fully saturated rings. The lowest BCUT2D eigenvalue weighted by Crippen LogP contribution is -2.65. The Morgan fingerprint density at radius 1 is 1.33 bits per heavy atom. The highest BCUT2D eigenvalue weighted by Gasteiger charge is 2.32. The molecule has 0 radical (unpaired) electrons. The van der Waals surface area contributed by atoms with Crippen molar-refractivity contribution in [3.05, 3.63) is 0 Å². The van der Waals surface area contributed by atoms with Gasteiger partial charge in [0.05, 0.1) is 6.54 Å². The molecule has 6 nitrogen and oxygen atoms in total. The first-order valence-electron chi connectivity index (χ1n) is 3.67. The molecule has 0 bridgehead atoms. The minimum Gasteiger partial charge on any atom is -0.298 e. The summed E-state index contributed by atoms with van der Waals surface area (Å²) in [6.45, 7) is 1.26. The van der Waals surface area contributed by atoms with E-state index in [0.29, 0.717) is 18.9 Å². The lowest BCUT2D eigenvalue weighted by atomic mass is 10.2. The summed E-state index contributed by atoms with van der Waals surface area (Å²) in [7, 11) is 0. The number of amidine groups is 1. The Hall–Kier alpha value is -1.43. The van der Waals surface area contributed by atoms with Gasteiger partial charge in [-0.05, 0) is 0 Å².